The Balaban J connectivity index is 0.00000243. The second-order valence-corrected chi connectivity index (χ2v) is 6.99. The van der Waals surface area contributed by atoms with Crippen LogP contribution in [0.4, 0.5) is 0 Å². The smallest absolute Gasteiger partial charge is 0.293 e. The molecule has 6 nitrogen and oxygen atoms in total. The first-order chi connectivity index (χ1) is 12.0. The third-order valence-corrected chi connectivity index (χ3v) is 4.91. The van der Waals surface area contributed by atoms with Crippen molar-refractivity contribution in [2.24, 2.45) is 5.73 Å². The molecule has 1 unspecified atom stereocenters. The number of para-hydroxylation sites is 1. The molecule has 7 heteroatoms. The van der Waals surface area contributed by atoms with Gasteiger partial charge in [-0.2, -0.15) is 0 Å². The molecule has 2 heterocycles. The number of aryl methyl sites for hydroxylation is 1. The number of aromatic nitrogens is 3. The Kier molecular flexibility index (Phi) is 6.78. The van der Waals surface area contributed by atoms with Gasteiger partial charge in [-0.25, -0.2) is 9.67 Å². The van der Waals surface area contributed by atoms with Crippen molar-refractivity contribution in [3.63, 3.8) is 0 Å². The SMILES string of the molecule is Cc1nc(C(=O)N2CCCCC2CN)nn1-c1ccccc1C(C)C.Cl. The predicted molar refractivity (Wildman–Crippen MR) is 105 cm³/mol. The van der Waals surface area contributed by atoms with Crippen LogP contribution < -0.4 is 5.73 Å². The molecule has 3 rings (SSSR count). The van der Waals surface area contributed by atoms with E-state index < -0.39 is 0 Å². The predicted octanol–water partition coefficient (Wildman–Crippen LogP) is 3.07. The highest BCUT2D eigenvalue weighted by molar-refractivity contribution is 5.90. The Hall–Kier alpha value is -1.92. The molecule has 142 valence electrons. The summed E-state index contributed by atoms with van der Waals surface area (Å²) in [7, 11) is 0. The van der Waals surface area contributed by atoms with Crippen LogP contribution in [0.1, 0.15) is 61.0 Å². The van der Waals surface area contributed by atoms with Crippen LogP contribution in [0, 0.1) is 6.92 Å². The molecule has 1 atom stereocenters. The lowest BCUT2D eigenvalue weighted by molar-refractivity contribution is 0.0610. The molecule has 1 aliphatic heterocycles. The summed E-state index contributed by atoms with van der Waals surface area (Å²) >= 11 is 0. The van der Waals surface area contributed by atoms with Gasteiger partial charge in [0.15, 0.2) is 0 Å². The average molecular weight is 378 g/mol. The quantitative estimate of drug-likeness (QED) is 0.888. The molecule has 26 heavy (non-hydrogen) atoms. The van der Waals surface area contributed by atoms with Gasteiger partial charge in [0.05, 0.1) is 5.69 Å². The first kappa shape index (κ1) is 20.4. The first-order valence-corrected chi connectivity index (χ1v) is 9.07. The number of benzene rings is 1. The van der Waals surface area contributed by atoms with Crippen LogP contribution in [-0.4, -0.2) is 44.7 Å². The van der Waals surface area contributed by atoms with E-state index in [9.17, 15) is 4.79 Å². The molecular formula is C19H28ClN5O. The summed E-state index contributed by atoms with van der Waals surface area (Å²) in [4.78, 5) is 19.2. The van der Waals surface area contributed by atoms with Crippen molar-refractivity contribution in [2.45, 2.75) is 52.0 Å². The van der Waals surface area contributed by atoms with E-state index in [-0.39, 0.29) is 30.2 Å². The standard InChI is InChI=1S/C19H27N5O.ClH/c1-13(2)16-9-4-5-10-17(16)24-14(3)21-18(22-24)19(25)23-11-7-6-8-15(23)12-20;/h4-5,9-10,13,15H,6-8,11-12,20H2,1-3H3;1H. The van der Waals surface area contributed by atoms with Gasteiger partial charge >= 0.3 is 0 Å². The Labute approximate surface area is 161 Å². The summed E-state index contributed by atoms with van der Waals surface area (Å²) in [6, 6.07) is 8.22. The van der Waals surface area contributed by atoms with Gasteiger partial charge in [-0.3, -0.25) is 4.79 Å². The number of hydrogen-bond acceptors (Lipinski definition) is 4. The monoisotopic (exact) mass is 377 g/mol. The van der Waals surface area contributed by atoms with Crippen molar-refractivity contribution < 1.29 is 4.79 Å². The van der Waals surface area contributed by atoms with Crippen LogP contribution in [0.2, 0.25) is 0 Å². The Bertz CT molecular complexity index is 758. The minimum absolute atomic E-state index is 0. The van der Waals surface area contributed by atoms with Crippen molar-refractivity contribution in [1.82, 2.24) is 19.7 Å². The van der Waals surface area contributed by atoms with Crippen LogP contribution in [0.5, 0.6) is 0 Å². The summed E-state index contributed by atoms with van der Waals surface area (Å²) < 4.78 is 1.78. The highest BCUT2D eigenvalue weighted by Gasteiger charge is 2.29. The van der Waals surface area contributed by atoms with Crippen molar-refractivity contribution >= 4 is 18.3 Å². The Morgan fingerprint density at radius 3 is 2.73 bits per heavy atom. The summed E-state index contributed by atoms with van der Waals surface area (Å²) in [5.41, 5.74) is 8.02. The maximum atomic E-state index is 12.9. The average Bonchev–Trinajstić information content (AvgIpc) is 3.02. The van der Waals surface area contributed by atoms with Gasteiger partial charge in [0.25, 0.3) is 5.91 Å². The van der Waals surface area contributed by atoms with E-state index in [1.807, 2.05) is 30.0 Å². The van der Waals surface area contributed by atoms with Crippen molar-refractivity contribution in [3.8, 4) is 5.69 Å². The van der Waals surface area contributed by atoms with Gasteiger partial charge in [0, 0.05) is 19.1 Å². The fourth-order valence-corrected chi connectivity index (χ4v) is 3.52. The Morgan fingerprint density at radius 1 is 1.31 bits per heavy atom. The van der Waals surface area contributed by atoms with Crippen LogP contribution in [0.25, 0.3) is 5.69 Å². The van der Waals surface area contributed by atoms with E-state index in [1.54, 1.807) is 4.68 Å². The van der Waals surface area contributed by atoms with E-state index in [2.05, 4.69) is 30.0 Å². The number of hydrogen-bond donors (Lipinski definition) is 1. The number of likely N-dealkylation sites (tertiary alicyclic amines) is 1. The van der Waals surface area contributed by atoms with Crippen LogP contribution in [0.3, 0.4) is 0 Å². The van der Waals surface area contributed by atoms with Gasteiger partial charge < -0.3 is 10.6 Å². The lowest BCUT2D eigenvalue weighted by atomic mass is 10.0. The zero-order valence-electron chi connectivity index (χ0n) is 15.7. The van der Waals surface area contributed by atoms with E-state index in [0.29, 0.717) is 12.5 Å². The van der Waals surface area contributed by atoms with Gasteiger partial charge in [0.2, 0.25) is 5.82 Å². The highest BCUT2D eigenvalue weighted by Crippen LogP contribution is 2.24. The molecular weight excluding hydrogens is 350 g/mol. The van der Waals surface area contributed by atoms with E-state index in [1.165, 1.54) is 5.56 Å². The molecule has 1 fully saturated rings. The van der Waals surface area contributed by atoms with Crippen LogP contribution in [0.15, 0.2) is 24.3 Å². The number of carbonyl (C=O) groups excluding carboxylic acids is 1. The molecule has 1 amide bonds. The van der Waals surface area contributed by atoms with Gasteiger partial charge in [0.1, 0.15) is 5.82 Å². The minimum Gasteiger partial charge on any atom is -0.332 e. The van der Waals surface area contributed by atoms with E-state index >= 15 is 0 Å². The van der Waals surface area contributed by atoms with Crippen LogP contribution in [-0.2, 0) is 0 Å². The van der Waals surface area contributed by atoms with Crippen molar-refractivity contribution in [1.29, 1.82) is 0 Å². The lowest BCUT2D eigenvalue weighted by Crippen LogP contribution is -2.47. The molecule has 2 N–H and O–H groups in total. The number of nitrogens with two attached hydrogens (primary N) is 1. The molecule has 0 aliphatic carbocycles. The molecule has 1 aromatic heterocycles. The molecule has 1 aromatic carbocycles. The van der Waals surface area contributed by atoms with Crippen LogP contribution >= 0.6 is 12.4 Å². The fourth-order valence-electron chi connectivity index (χ4n) is 3.52. The Morgan fingerprint density at radius 2 is 2.04 bits per heavy atom. The minimum atomic E-state index is -0.112. The second kappa shape index (κ2) is 8.64. The van der Waals surface area contributed by atoms with Crippen molar-refractivity contribution in [3.05, 3.63) is 41.5 Å². The maximum Gasteiger partial charge on any atom is 0.293 e. The van der Waals surface area contributed by atoms with Gasteiger partial charge in [-0.15, -0.1) is 17.5 Å². The third-order valence-electron chi connectivity index (χ3n) is 4.91. The third kappa shape index (κ3) is 3.91. The maximum absolute atomic E-state index is 12.9. The molecule has 2 aromatic rings. The number of carbonyl (C=O) groups is 1. The molecule has 0 bridgehead atoms. The molecule has 0 radical (unpaired) electrons. The summed E-state index contributed by atoms with van der Waals surface area (Å²) in [6.45, 7) is 7.41. The molecule has 0 spiro atoms. The fraction of sp³-hybridized carbons (Fsp3) is 0.526. The van der Waals surface area contributed by atoms with Gasteiger partial charge in [-0.05, 0) is 43.7 Å². The second-order valence-electron chi connectivity index (χ2n) is 6.99. The number of amides is 1. The number of piperidine rings is 1. The summed E-state index contributed by atoms with van der Waals surface area (Å²) in [5, 5.41) is 4.54. The topological polar surface area (TPSA) is 77.0 Å². The largest absolute Gasteiger partial charge is 0.332 e. The van der Waals surface area contributed by atoms with E-state index in [0.717, 1.165) is 37.3 Å². The number of rotatable bonds is 4. The first-order valence-electron chi connectivity index (χ1n) is 9.07. The normalized spacial score (nSPS) is 17.3. The number of nitrogens with zero attached hydrogens (tertiary/aromatic N) is 4. The van der Waals surface area contributed by atoms with Crippen molar-refractivity contribution in [2.75, 3.05) is 13.1 Å². The lowest BCUT2D eigenvalue weighted by Gasteiger charge is -2.34. The molecule has 0 saturated carbocycles. The molecule has 1 aliphatic rings. The zero-order valence-corrected chi connectivity index (χ0v) is 16.5. The summed E-state index contributed by atoms with van der Waals surface area (Å²) in [5.74, 6) is 1.23. The van der Waals surface area contributed by atoms with E-state index in [4.69, 9.17) is 5.73 Å². The molecule has 1 saturated heterocycles. The van der Waals surface area contributed by atoms with Gasteiger partial charge in [-0.1, -0.05) is 32.0 Å². The zero-order chi connectivity index (χ0) is 18.0. The summed E-state index contributed by atoms with van der Waals surface area (Å²) in [6.07, 6.45) is 3.09. The highest BCUT2D eigenvalue weighted by atomic mass is 35.5. The number of halogens is 1.